The normalized spacial score (nSPS) is 30.3. The highest BCUT2D eigenvalue weighted by Gasteiger charge is 2.44. The van der Waals surface area contributed by atoms with Gasteiger partial charge >= 0.3 is 0 Å². The molecule has 122 valence electrons. The summed E-state index contributed by atoms with van der Waals surface area (Å²) in [5, 5.41) is 0. The van der Waals surface area contributed by atoms with Crippen molar-refractivity contribution >= 4 is 0 Å². The van der Waals surface area contributed by atoms with Crippen molar-refractivity contribution in [3.05, 3.63) is 0 Å². The number of piperidine rings is 2. The van der Waals surface area contributed by atoms with Crippen molar-refractivity contribution in [3.63, 3.8) is 0 Å². The van der Waals surface area contributed by atoms with Crippen molar-refractivity contribution in [1.29, 1.82) is 0 Å². The first-order valence-electron chi connectivity index (χ1n) is 9.28. The van der Waals surface area contributed by atoms with E-state index in [-0.39, 0.29) is 0 Å². The summed E-state index contributed by atoms with van der Waals surface area (Å²) in [6.45, 7) is 10.6. The van der Waals surface area contributed by atoms with Crippen LogP contribution in [0.2, 0.25) is 0 Å². The van der Waals surface area contributed by atoms with Crippen LogP contribution in [0.25, 0.3) is 0 Å². The lowest BCUT2D eigenvalue weighted by Gasteiger charge is -2.53. The molecule has 2 heterocycles. The summed E-state index contributed by atoms with van der Waals surface area (Å²) in [7, 11) is 0. The third kappa shape index (κ3) is 3.02. The zero-order valence-electron chi connectivity index (χ0n) is 14.2. The second kappa shape index (κ2) is 6.17. The van der Waals surface area contributed by atoms with Gasteiger partial charge in [-0.2, -0.15) is 0 Å². The zero-order chi connectivity index (χ0) is 14.9. The fourth-order valence-corrected chi connectivity index (χ4v) is 5.19. The fourth-order valence-electron chi connectivity index (χ4n) is 5.19. The van der Waals surface area contributed by atoms with E-state index in [1.807, 2.05) is 0 Å². The van der Waals surface area contributed by atoms with Crippen LogP contribution in [0.3, 0.4) is 0 Å². The quantitative estimate of drug-likeness (QED) is 0.868. The third-order valence-electron chi connectivity index (χ3n) is 7.00. The van der Waals surface area contributed by atoms with Crippen LogP contribution in [0, 0.1) is 5.41 Å². The van der Waals surface area contributed by atoms with E-state index in [2.05, 4.69) is 23.6 Å². The maximum absolute atomic E-state index is 6.28. The van der Waals surface area contributed by atoms with Crippen LogP contribution in [-0.2, 0) is 0 Å². The number of nitrogens with zero attached hydrogens (tertiary/aromatic N) is 2. The van der Waals surface area contributed by atoms with Gasteiger partial charge < -0.3 is 10.6 Å². The Balaban J connectivity index is 1.60. The first kappa shape index (κ1) is 15.8. The van der Waals surface area contributed by atoms with Gasteiger partial charge in [-0.1, -0.05) is 12.8 Å². The first-order chi connectivity index (χ1) is 10.1. The van der Waals surface area contributed by atoms with Gasteiger partial charge in [0, 0.05) is 31.2 Å². The molecule has 2 N–H and O–H groups in total. The summed E-state index contributed by atoms with van der Waals surface area (Å²) in [5.41, 5.74) is 7.31. The number of nitrogens with two attached hydrogens (primary N) is 1. The summed E-state index contributed by atoms with van der Waals surface area (Å²) in [4.78, 5) is 5.41. The Labute approximate surface area is 131 Å². The molecule has 3 nitrogen and oxygen atoms in total. The molecule has 1 spiro atoms. The third-order valence-corrected chi connectivity index (χ3v) is 7.00. The largest absolute Gasteiger partial charge is 0.329 e. The van der Waals surface area contributed by atoms with E-state index in [0.717, 1.165) is 12.0 Å². The van der Waals surface area contributed by atoms with E-state index in [4.69, 9.17) is 5.73 Å². The Bertz CT molecular complexity index is 328. The van der Waals surface area contributed by atoms with Crippen LogP contribution in [0.5, 0.6) is 0 Å². The van der Waals surface area contributed by atoms with Crippen molar-refractivity contribution < 1.29 is 0 Å². The maximum Gasteiger partial charge on any atom is 0.0356 e. The van der Waals surface area contributed by atoms with Crippen LogP contribution in [0.1, 0.15) is 65.2 Å². The SMILES string of the molecule is CC(C)N1CCC(CN)(N2CCC3(CCCC3)CC2)CC1. The van der Waals surface area contributed by atoms with Gasteiger partial charge in [-0.3, -0.25) is 4.90 Å². The van der Waals surface area contributed by atoms with Crippen molar-refractivity contribution in [1.82, 2.24) is 9.80 Å². The van der Waals surface area contributed by atoms with Crippen LogP contribution in [0.4, 0.5) is 0 Å². The minimum absolute atomic E-state index is 0.311. The second-order valence-electron chi connectivity index (χ2n) is 8.25. The van der Waals surface area contributed by atoms with E-state index in [1.54, 1.807) is 0 Å². The fraction of sp³-hybridized carbons (Fsp3) is 1.00. The molecule has 3 rings (SSSR count). The molecule has 0 aromatic carbocycles. The van der Waals surface area contributed by atoms with Crippen LogP contribution < -0.4 is 5.73 Å². The van der Waals surface area contributed by atoms with Gasteiger partial charge in [-0.15, -0.1) is 0 Å². The van der Waals surface area contributed by atoms with E-state index in [1.165, 1.54) is 77.5 Å². The lowest BCUT2D eigenvalue weighted by atomic mass is 9.74. The summed E-state index contributed by atoms with van der Waals surface area (Å²) >= 11 is 0. The minimum atomic E-state index is 0.311. The van der Waals surface area contributed by atoms with Gasteiger partial charge in [0.25, 0.3) is 0 Å². The highest BCUT2D eigenvalue weighted by atomic mass is 15.3. The lowest BCUT2D eigenvalue weighted by Crippen LogP contribution is -2.62. The smallest absolute Gasteiger partial charge is 0.0356 e. The predicted molar refractivity (Wildman–Crippen MR) is 89.4 cm³/mol. The van der Waals surface area contributed by atoms with E-state index < -0.39 is 0 Å². The van der Waals surface area contributed by atoms with Gasteiger partial charge in [0.05, 0.1) is 0 Å². The topological polar surface area (TPSA) is 32.5 Å². The lowest BCUT2D eigenvalue weighted by molar-refractivity contribution is -0.0200. The standard InChI is InChI=1S/C18H35N3/c1-16(2)20-11-9-18(15-19,10-12-20)21-13-7-17(8-14-21)5-3-4-6-17/h16H,3-15,19H2,1-2H3. The van der Waals surface area contributed by atoms with Crippen molar-refractivity contribution in [3.8, 4) is 0 Å². The molecule has 0 bridgehead atoms. The van der Waals surface area contributed by atoms with Gasteiger partial charge in [-0.05, 0) is 70.9 Å². The molecule has 3 fully saturated rings. The number of likely N-dealkylation sites (tertiary alicyclic amines) is 2. The summed E-state index contributed by atoms with van der Waals surface area (Å²) in [6.07, 6.45) is 11.4. The number of rotatable bonds is 3. The summed E-state index contributed by atoms with van der Waals surface area (Å²) in [6, 6.07) is 0.684. The molecule has 2 saturated heterocycles. The van der Waals surface area contributed by atoms with Crippen LogP contribution in [-0.4, -0.2) is 54.1 Å². The first-order valence-corrected chi connectivity index (χ1v) is 9.28. The molecule has 0 amide bonds. The van der Waals surface area contributed by atoms with E-state index in [9.17, 15) is 0 Å². The molecular weight excluding hydrogens is 258 g/mol. The number of hydrogen-bond acceptors (Lipinski definition) is 3. The van der Waals surface area contributed by atoms with Crippen LogP contribution in [0.15, 0.2) is 0 Å². The molecule has 0 aromatic rings. The molecule has 21 heavy (non-hydrogen) atoms. The zero-order valence-corrected chi connectivity index (χ0v) is 14.2. The molecule has 0 unspecified atom stereocenters. The van der Waals surface area contributed by atoms with Gasteiger partial charge in [-0.25, -0.2) is 0 Å². The average molecular weight is 293 g/mol. The monoisotopic (exact) mass is 293 g/mol. The highest BCUT2D eigenvalue weighted by molar-refractivity contribution is 5.00. The predicted octanol–water partition coefficient (Wildman–Crippen LogP) is 2.84. The Morgan fingerprint density at radius 3 is 1.90 bits per heavy atom. The Hall–Kier alpha value is -0.120. The van der Waals surface area contributed by atoms with Crippen molar-refractivity contribution in [2.45, 2.75) is 76.8 Å². The molecule has 1 saturated carbocycles. The van der Waals surface area contributed by atoms with Crippen molar-refractivity contribution in [2.24, 2.45) is 11.1 Å². The molecular formula is C18H35N3. The molecule has 0 atom stereocenters. The second-order valence-corrected chi connectivity index (χ2v) is 8.25. The van der Waals surface area contributed by atoms with Crippen LogP contribution >= 0.6 is 0 Å². The molecule has 3 aliphatic rings. The van der Waals surface area contributed by atoms with Gasteiger partial charge in [0.2, 0.25) is 0 Å². The maximum atomic E-state index is 6.28. The molecule has 0 aromatic heterocycles. The molecule has 0 radical (unpaired) electrons. The Morgan fingerprint density at radius 1 is 0.857 bits per heavy atom. The molecule has 1 aliphatic carbocycles. The van der Waals surface area contributed by atoms with Crippen molar-refractivity contribution in [2.75, 3.05) is 32.7 Å². The average Bonchev–Trinajstić information content (AvgIpc) is 2.96. The van der Waals surface area contributed by atoms with E-state index >= 15 is 0 Å². The summed E-state index contributed by atoms with van der Waals surface area (Å²) in [5.74, 6) is 0. The summed E-state index contributed by atoms with van der Waals surface area (Å²) < 4.78 is 0. The molecule has 2 aliphatic heterocycles. The van der Waals surface area contributed by atoms with Gasteiger partial charge in [0.15, 0.2) is 0 Å². The minimum Gasteiger partial charge on any atom is -0.329 e. The Kier molecular flexibility index (Phi) is 4.63. The highest BCUT2D eigenvalue weighted by Crippen LogP contribution is 2.47. The number of hydrogen-bond donors (Lipinski definition) is 1. The Morgan fingerprint density at radius 2 is 1.43 bits per heavy atom. The molecule has 3 heteroatoms. The van der Waals surface area contributed by atoms with Gasteiger partial charge in [0.1, 0.15) is 0 Å². The van der Waals surface area contributed by atoms with E-state index in [0.29, 0.717) is 11.6 Å².